The van der Waals surface area contributed by atoms with Gasteiger partial charge in [0.25, 0.3) is 0 Å². The van der Waals surface area contributed by atoms with E-state index in [1.165, 1.54) is 11.3 Å². The van der Waals surface area contributed by atoms with Gasteiger partial charge in [-0.2, -0.15) is 0 Å². The van der Waals surface area contributed by atoms with Crippen molar-refractivity contribution in [2.24, 2.45) is 0 Å². The third-order valence-electron chi connectivity index (χ3n) is 3.54. The van der Waals surface area contributed by atoms with Gasteiger partial charge in [0.1, 0.15) is 18.1 Å². The zero-order chi connectivity index (χ0) is 19.6. The molecule has 0 spiro atoms. The van der Waals surface area contributed by atoms with Crippen LogP contribution in [0.15, 0.2) is 48.4 Å². The van der Waals surface area contributed by atoms with Crippen molar-refractivity contribution in [1.29, 1.82) is 0 Å². The van der Waals surface area contributed by atoms with Crippen molar-refractivity contribution in [3.8, 4) is 17.2 Å². The fraction of sp³-hybridized carbons (Fsp3) is 0.316. The number of rotatable bonds is 11. The number of likely N-dealkylation sites (N-methyl/N-ethyl adjacent to an activating group) is 1. The topological polar surface area (TPSA) is 81.6 Å². The molecule has 0 aliphatic carbocycles. The molecule has 0 fully saturated rings. The predicted octanol–water partition coefficient (Wildman–Crippen LogP) is 3.43. The summed E-state index contributed by atoms with van der Waals surface area (Å²) in [7, 11) is 4.02. The van der Waals surface area contributed by atoms with Crippen LogP contribution < -0.4 is 14.8 Å². The third-order valence-corrected chi connectivity index (χ3v) is 4.23. The maximum absolute atomic E-state index is 5.89. The van der Waals surface area contributed by atoms with E-state index in [1.807, 2.05) is 19.5 Å². The molecule has 0 unspecified atom stereocenters. The maximum atomic E-state index is 5.89. The standard InChI is InChI=1S/C19H23N5O3S/c1-24(2)8-9-25-10-11-26-17-13-16(27-15-3-5-20-6-4-15)14-22-18(17)23-19-21-7-12-28-19/h3-7,12-14H,8-11H2,1-2H3,(H,21,22,23). The van der Waals surface area contributed by atoms with Crippen LogP contribution in [0.4, 0.5) is 10.9 Å². The number of ether oxygens (including phenoxy) is 3. The average molecular weight is 401 g/mol. The first-order chi connectivity index (χ1) is 13.7. The second-order valence-electron chi connectivity index (χ2n) is 6.03. The number of thiazole rings is 1. The smallest absolute Gasteiger partial charge is 0.188 e. The minimum Gasteiger partial charge on any atom is -0.487 e. The van der Waals surface area contributed by atoms with Gasteiger partial charge in [-0.15, -0.1) is 11.3 Å². The first-order valence-electron chi connectivity index (χ1n) is 8.80. The van der Waals surface area contributed by atoms with Crippen molar-refractivity contribution >= 4 is 22.3 Å². The molecule has 3 rings (SSSR count). The van der Waals surface area contributed by atoms with Crippen molar-refractivity contribution in [2.45, 2.75) is 0 Å². The number of anilines is 2. The van der Waals surface area contributed by atoms with Crippen molar-refractivity contribution in [1.82, 2.24) is 19.9 Å². The Hall–Kier alpha value is -2.75. The van der Waals surface area contributed by atoms with Gasteiger partial charge in [-0.25, -0.2) is 9.97 Å². The van der Waals surface area contributed by atoms with Gasteiger partial charge in [0.15, 0.2) is 16.7 Å². The SMILES string of the molecule is CN(C)CCOCCOc1cc(Oc2ccncc2)cnc1Nc1nccs1. The lowest BCUT2D eigenvalue weighted by Crippen LogP contribution is -2.19. The van der Waals surface area contributed by atoms with Gasteiger partial charge in [0.2, 0.25) is 0 Å². The summed E-state index contributed by atoms with van der Waals surface area (Å²) in [5.41, 5.74) is 0. The number of hydrogen-bond donors (Lipinski definition) is 1. The summed E-state index contributed by atoms with van der Waals surface area (Å²) >= 11 is 1.49. The molecule has 0 amide bonds. The van der Waals surface area contributed by atoms with E-state index in [2.05, 4.69) is 25.2 Å². The molecule has 0 bridgehead atoms. The highest BCUT2D eigenvalue weighted by Crippen LogP contribution is 2.31. The van der Waals surface area contributed by atoms with E-state index in [4.69, 9.17) is 14.2 Å². The van der Waals surface area contributed by atoms with Crippen molar-refractivity contribution < 1.29 is 14.2 Å². The first kappa shape index (κ1) is 20.0. The zero-order valence-electron chi connectivity index (χ0n) is 15.9. The van der Waals surface area contributed by atoms with E-state index in [0.717, 1.165) is 11.7 Å². The van der Waals surface area contributed by atoms with E-state index in [0.29, 0.717) is 42.9 Å². The fourth-order valence-corrected chi connectivity index (χ4v) is 2.70. The normalized spacial score (nSPS) is 10.8. The first-order valence-corrected chi connectivity index (χ1v) is 9.68. The van der Waals surface area contributed by atoms with Crippen LogP contribution in [0.3, 0.4) is 0 Å². The lowest BCUT2D eigenvalue weighted by molar-refractivity contribution is 0.0890. The molecule has 28 heavy (non-hydrogen) atoms. The Morgan fingerprint density at radius 1 is 1.04 bits per heavy atom. The van der Waals surface area contributed by atoms with Gasteiger partial charge in [-0.1, -0.05) is 0 Å². The van der Waals surface area contributed by atoms with Crippen LogP contribution in [0.5, 0.6) is 17.2 Å². The highest BCUT2D eigenvalue weighted by molar-refractivity contribution is 7.13. The van der Waals surface area contributed by atoms with E-state index in [1.54, 1.807) is 43.0 Å². The Balaban J connectivity index is 1.65. The van der Waals surface area contributed by atoms with Crippen LogP contribution >= 0.6 is 11.3 Å². The van der Waals surface area contributed by atoms with E-state index in [9.17, 15) is 0 Å². The lowest BCUT2D eigenvalue weighted by atomic mass is 10.4. The summed E-state index contributed by atoms with van der Waals surface area (Å²) in [5.74, 6) is 2.39. The molecule has 0 aliphatic rings. The summed E-state index contributed by atoms with van der Waals surface area (Å²) in [4.78, 5) is 14.7. The average Bonchev–Trinajstić information content (AvgIpc) is 3.20. The minimum atomic E-state index is 0.403. The number of aromatic nitrogens is 3. The van der Waals surface area contributed by atoms with Gasteiger partial charge in [-0.3, -0.25) is 4.98 Å². The molecule has 148 valence electrons. The number of pyridine rings is 2. The highest BCUT2D eigenvalue weighted by atomic mass is 32.1. The van der Waals surface area contributed by atoms with E-state index < -0.39 is 0 Å². The molecule has 0 radical (unpaired) electrons. The van der Waals surface area contributed by atoms with Crippen LogP contribution in [0.2, 0.25) is 0 Å². The second-order valence-corrected chi connectivity index (χ2v) is 6.92. The number of nitrogens with one attached hydrogen (secondary N) is 1. The molecular formula is C19H23N5O3S. The predicted molar refractivity (Wildman–Crippen MR) is 109 cm³/mol. The van der Waals surface area contributed by atoms with Crippen molar-refractivity contribution in [3.63, 3.8) is 0 Å². The highest BCUT2D eigenvalue weighted by Gasteiger charge is 2.10. The monoisotopic (exact) mass is 401 g/mol. The van der Waals surface area contributed by atoms with Gasteiger partial charge in [0.05, 0.1) is 19.4 Å². The van der Waals surface area contributed by atoms with Gasteiger partial charge >= 0.3 is 0 Å². The molecule has 3 heterocycles. The molecular weight excluding hydrogens is 378 g/mol. The van der Waals surface area contributed by atoms with Gasteiger partial charge in [-0.05, 0) is 26.2 Å². The van der Waals surface area contributed by atoms with E-state index >= 15 is 0 Å². The van der Waals surface area contributed by atoms with E-state index in [-0.39, 0.29) is 0 Å². The molecule has 0 aliphatic heterocycles. The fourth-order valence-electron chi connectivity index (χ4n) is 2.17. The minimum absolute atomic E-state index is 0.403. The van der Waals surface area contributed by atoms with Gasteiger partial charge in [0, 0.05) is 36.6 Å². The summed E-state index contributed by atoms with van der Waals surface area (Å²) < 4.78 is 17.3. The van der Waals surface area contributed by atoms with Crippen LogP contribution in [0.1, 0.15) is 0 Å². The van der Waals surface area contributed by atoms with Crippen LogP contribution in [-0.2, 0) is 4.74 Å². The van der Waals surface area contributed by atoms with Crippen LogP contribution in [0.25, 0.3) is 0 Å². The Morgan fingerprint density at radius 3 is 2.64 bits per heavy atom. The number of nitrogens with zero attached hydrogens (tertiary/aromatic N) is 4. The second kappa shape index (κ2) is 10.5. The van der Waals surface area contributed by atoms with Crippen molar-refractivity contribution in [3.05, 3.63) is 48.4 Å². The van der Waals surface area contributed by atoms with Crippen molar-refractivity contribution in [2.75, 3.05) is 45.8 Å². The quantitative estimate of drug-likeness (QED) is 0.490. The van der Waals surface area contributed by atoms with Crippen LogP contribution in [0, 0.1) is 0 Å². The zero-order valence-corrected chi connectivity index (χ0v) is 16.7. The molecule has 1 N–H and O–H groups in total. The summed E-state index contributed by atoms with van der Waals surface area (Å²) in [6.45, 7) is 2.41. The van der Waals surface area contributed by atoms with Crippen LogP contribution in [-0.4, -0.2) is 60.3 Å². The molecule has 8 nitrogen and oxygen atoms in total. The largest absolute Gasteiger partial charge is 0.487 e. The molecule has 0 atom stereocenters. The molecule has 0 saturated heterocycles. The summed E-state index contributed by atoms with van der Waals surface area (Å²) in [5, 5.41) is 5.80. The Labute approximate surface area is 168 Å². The molecule has 0 saturated carbocycles. The molecule has 3 aromatic rings. The Kier molecular flexibility index (Phi) is 7.53. The Bertz CT molecular complexity index is 831. The molecule has 3 aromatic heterocycles. The Morgan fingerprint density at radius 2 is 1.89 bits per heavy atom. The lowest BCUT2D eigenvalue weighted by Gasteiger charge is -2.14. The summed E-state index contributed by atoms with van der Waals surface area (Å²) in [6, 6.07) is 5.35. The number of hydrogen-bond acceptors (Lipinski definition) is 9. The summed E-state index contributed by atoms with van der Waals surface area (Å²) in [6.07, 6.45) is 6.71. The maximum Gasteiger partial charge on any atom is 0.188 e. The third kappa shape index (κ3) is 6.45. The van der Waals surface area contributed by atoms with Gasteiger partial charge < -0.3 is 24.4 Å². The molecule has 9 heteroatoms. The molecule has 0 aromatic carbocycles.